The molecule has 0 spiro atoms. The van der Waals surface area contributed by atoms with Crippen molar-refractivity contribution in [1.82, 2.24) is 4.90 Å². The third-order valence-corrected chi connectivity index (χ3v) is 2.73. The number of aldehydes is 1. The lowest BCUT2D eigenvalue weighted by molar-refractivity contribution is -0.109. The van der Waals surface area contributed by atoms with Crippen molar-refractivity contribution in [1.29, 1.82) is 0 Å². The topological polar surface area (TPSA) is 66.8 Å². The highest BCUT2D eigenvalue weighted by Gasteiger charge is 2.54. The van der Waals surface area contributed by atoms with Crippen LogP contribution in [0.25, 0.3) is 0 Å². The molecule has 1 saturated heterocycles. The van der Waals surface area contributed by atoms with E-state index in [-0.39, 0.29) is 6.42 Å². The molecule has 0 aromatic rings. The summed E-state index contributed by atoms with van der Waals surface area (Å²) in [7, 11) is 0. The molecule has 5 nitrogen and oxygen atoms in total. The van der Waals surface area contributed by atoms with E-state index in [2.05, 4.69) is 0 Å². The van der Waals surface area contributed by atoms with Crippen LogP contribution in [0.15, 0.2) is 0 Å². The molecule has 1 atom stereocenters. The first-order valence-corrected chi connectivity index (χ1v) is 4.88. The number of carboxylic acid groups (broad SMARTS) is 1. The number of ether oxygens (including phenoxy) is 1. The smallest absolute Gasteiger partial charge is 0.409 e. The maximum absolute atomic E-state index is 11.1. The summed E-state index contributed by atoms with van der Waals surface area (Å²) < 4.78 is 5.66. The third-order valence-electron chi connectivity index (χ3n) is 2.73. The molecule has 1 amide bonds. The quantitative estimate of drug-likeness (QED) is 0.708. The zero-order chi connectivity index (χ0) is 11.9. The molecule has 1 unspecified atom stereocenters. The lowest BCUT2D eigenvalue weighted by Gasteiger charge is -2.30. The van der Waals surface area contributed by atoms with Gasteiger partial charge in [0.15, 0.2) is 0 Å². The number of carbonyl (C=O) groups excluding carboxylic acids is 1. The Morgan fingerprint density at radius 1 is 1.47 bits per heavy atom. The first kappa shape index (κ1) is 12.0. The number of rotatable bonds is 2. The van der Waals surface area contributed by atoms with E-state index in [1.165, 1.54) is 4.90 Å². The Bertz CT molecular complexity index is 285. The van der Waals surface area contributed by atoms with Gasteiger partial charge in [-0.05, 0) is 27.7 Å². The molecule has 0 aromatic heterocycles. The van der Waals surface area contributed by atoms with Gasteiger partial charge in [-0.25, -0.2) is 4.79 Å². The Hall–Kier alpha value is -1.10. The minimum absolute atomic E-state index is 0.155. The Labute approximate surface area is 89.0 Å². The molecule has 0 aliphatic carbocycles. The molecular weight excluding hydrogens is 198 g/mol. The van der Waals surface area contributed by atoms with E-state index in [0.29, 0.717) is 0 Å². The second-order valence-corrected chi connectivity index (χ2v) is 4.72. The fourth-order valence-electron chi connectivity index (χ4n) is 2.29. The number of nitrogens with zero attached hydrogens (tertiary/aromatic N) is 1. The first-order valence-electron chi connectivity index (χ1n) is 4.88. The van der Waals surface area contributed by atoms with Gasteiger partial charge in [-0.2, -0.15) is 0 Å². The normalized spacial score (nSPS) is 27.7. The summed E-state index contributed by atoms with van der Waals surface area (Å²) in [4.78, 5) is 22.9. The molecule has 0 radical (unpaired) electrons. The first-order chi connectivity index (χ1) is 6.72. The molecule has 1 aliphatic heterocycles. The maximum Gasteiger partial charge on any atom is 0.409 e. The van der Waals surface area contributed by atoms with Gasteiger partial charge in [0.1, 0.15) is 12.0 Å². The highest BCUT2D eigenvalue weighted by Crippen LogP contribution is 2.39. The average Bonchev–Trinajstić information content (AvgIpc) is 2.16. The maximum atomic E-state index is 11.1. The Kier molecular flexibility index (Phi) is 2.78. The third kappa shape index (κ3) is 1.97. The fraction of sp³-hybridized carbons (Fsp3) is 0.800. The lowest BCUT2D eigenvalue weighted by Crippen LogP contribution is -2.48. The van der Waals surface area contributed by atoms with Crippen molar-refractivity contribution in [2.45, 2.75) is 51.5 Å². The van der Waals surface area contributed by atoms with Crippen molar-refractivity contribution < 1.29 is 19.4 Å². The van der Waals surface area contributed by atoms with Crippen molar-refractivity contribution in [3.8, 4) is 0 Å². The van der Waals surface area contributed by atoms with Crippen molar-refractivity contribution >= 4 is 12.4 Å². The molecule has 0 aromatic carbocycles. The molecule has 5 heteroatoms. The van der Waals surface area contributed by atoms with Crippen LogP contribution in [0.3, 0.4) is 0 Å². The molecule has 1 rings (SSSR count). The van der Waals surface area contributed by atoms with Crippen molar-refractivity contribution in [2.24, 2.45) is 0 Å². The van der Waals surface area contributed by atoms with E-state index < -0.39 is 23.5 Å². The lowest BCUT2D eigenvalue weighted by atomic mass is 9.96. The number of carbonyl (C=O) groups is 2. The Balaban J connectivity index is 3.07. The van der Waals surface area contributed by atoms with Crippen LogP contribution in [-0.4, -0.2) is 39.8 Å². The van der Waals surface area contributed by atoms with Gasteiger partial charge < -0.3 is 14.6 Å². The zero-order valence-corrected chi connectivity index (χ0v) is 9.48. The highest BCUT2D eigenvalue weighted by molar-refractivity contribution is 5.68. The number of hydrogen-bond acceptors (Lipinski definition) is 3. The highest BCUT2D eigenvalue weighted by atomic mass is 16.6. The van der Waals surface area contributed by atoms with Gasteiger partial charge in [0.25, 0.3) is 0 Å². The second kappa shape index (κ2) is 3.48. The zero-order valence-electron chi connectivity index (χ0n) is 9.48. The Morgan fingerprint density at radius 3 is 2.40 bits per heavy atom. The molecule has 0 bridgehead atoms. The summed E-state index contributed by atoms with van der Waals surface area (Å²) in [5.74, 6) is 0. The minimum Gasteiger partial charge on any atom is -0.465 e. The van der Waals surface area contributed by atoms with Gasteiger partial charge >= 0.3 is 6.09 Å². The minimum atomic E-state index is -1.06. The largest absolute Gasteiger partial charge is 0.465 e. The van der Waals surface area contributed by atoms with Crippen LogP contribution in [0, 0.1) is 0 Å². The van der Waals surface area contributed by atoms with Crippen LogP contribution >= 0.6 is 0 Å². The molecule has 1 N–H and O–H groups in total. The van der Waals surface area contributed by atoms with Crippen molar-refractivity contribution in [3.05, 3.63) is 0 Å². The molecule has 1 fully saturated rings. The van der Waals surface area contributed by atoms with Gasteiger partial charge in [-0.3, -0.25) is 4.90 Å². The Morgan fingerprint density at radius 2 is 2.00 bits per heavy atom. The molecule has 1 aliphatic rings. The molecule has 0 saturated carbocycles. The van der Waals surface area contributed by atoms with Crippen LogP contribution in [-0.2, 0) is 9.53 Å². The summed E-state index contributed by atoms with van der Waals surface area (Å²) in [6, 6.07) is -0.428. The molecule has 86 valence electrons. The van der Waals surface area contributed by atoms with Gasteiger partial charge in [0, 0.05) is 6.42 Å². The monoisotopic (exact) mass is 215 g/mol. The summed E-state index contributed by atoms with van der Waals surface area (Å²) in [5, 5.41) is 9.11. The van der Waals surface area contributed by atoms with E-state index in [1.54, 1.807) is 27.7 Å². The number of amides is 1. The van der Waals surface area contributed by atoms with Gasteiger partial charge in [0.2, 0.25) is 0 Å². The summed E-state index contributed by atoms with van der Waals surface area (Å²) in [6.07, 6.45) is -0.173. The van der Waals surface area contributed by atoms with Crippen LogP contribution < -0.4 is 0 Å². The van der Waals surface area contributed by atoms with E-state index >= 15 is 0 Å². The standard InChI is InChI=1S/C10H17NO4/c1-9(2)7(5-6-12)11(8(13)14)10(3,4)15-9/h6-7H,5H2,1-4H3,(H,13,14). The predicted molar refractivity (Wildman–Crippen MR) is 53.6 cm³/mol. The summed E-state index contributed by atoms with van der Waals surface area (Å²) in [6.45, 7) is 6.97. The average molecular weight is 215 g/mol. The van der Waals surface area contributed by atoms with E-state index in [9.17, 15) is 9.59 Å². The van der Waals surface area contributed by atoms with Crippen LogP contribution in [0.4, 0.5) is 4.79 Å². The van der Waals surface area contributed by atoms with E-state index in [4.69, 9.17) is 9.84 Å². The summed E-state index contributed by atoms with van der Waals surface area (Å²) >= 11 is 0. The molecule has 15 heavy (non-hydrogen) atoms. The van der Waals surface area contributed by atoms with Crippen molar-refractivity contribution in [3.63, 3.8) is 0 Å². The van der Waals surface area contributed by atoms with Crippen LogP contribution in [0.2, 0.25) is 0 Å². The van der Waals surface area contributed by atoms with Crippen LogP contribution in [0.5, 0.6) is 0 Å². The van der Waals surface area contributed by atoms with Gasteiger partial charge in [0.05, 0.1) is 11.6 Å². The predicted octanol–water partition coefficient (Wildman–Crippen LogP) is 1.47. The summed E-state index contributed by atoms with van der Waals surface area (Å²) in [5.41, 5.74) is -1.52. The fourth-order valence-corrected chi connectivity index (χ4v) is 2.29. The van der Waals surface area contributed by atoms with Gasteiger partial charge in [-0.1, -0.05) is 0 Å². The van der Waals surface area contributed by atoms with Crippen LogP contribution in [0.1, 0.15) is 34.1 Å². The van der Waals surface area contributed by atoms with E-state index in [0.717, 1.165) is 6.29 Å². The molecular formula is C10H17NO4. The van der Waals surface area contributed by atoms with Gasteiger partial charge in [-0.15, -0.1) is 0 Å². The number of hydrogen-bond donors (Lipinski definition) is 1. The SMILES string of the molecule is CC1(C)OC(C)(C)N(C(=O)O)C1CC=O. The second-order valence-electron chi connectivity index (χ2n) is 4.72. The van der Waals surface area contributed by atoms with Crippen molar-refractivity contribution in [2.75, 3.05) is 0 Å². The molecule has 1 heterocycles. The van der Waals surface area contributed by atoms with E-state index in [1.807, 2.05) is 0 Å².